The molecule has 2 aromatic rings. The van der Waals surface area contributed by atoms with Crippen LogP contribution in [-0.2, 0) is 13.0 Å². The van der Waals surface area contributed by atoms with Gasteiger partial charge in [-0.05, 0) is 35.7 Å². The molecule has 0 saturated carbocycles. The molecule has 0 spiro atoms. The van der Waals surface area contributed by atoms with E-state index in [0.29, 0.717) is 5.92 Å². The topological polar surface area (TPSA) is 15.3 Å². The molecule has 2 nitrogen and oxygen atoms in total. The zero-order chi connectivity index (χ0) is 13.4. The zero-order valence-electron chi connectivity index (χ0n) is 12.1. The Morgan fingerprint density at radius 1 is 1.05 bits per heavy atom. The first-order valence-electron chi connectivity index (χ1n) is 7.53. The number of halogens is 1. The van der Waals surface area contributed by atoms with Gasteiger partial charge in [-0.1, -0.05) is 42.5 Å². The summed E-state index contributed by atoms with van der Waals surface area (Å²) in [5.74, 6) is 0.660. The van der Waals surface area contributed by atoms with Gasteiger partial charge in [-0.3, -0.25) is 0 Å². The minimum Gasteiger partial charge on any atom is -0.366 e. The van der Waals surface area contributed by atoms with E-state index >= 15 is 0 Å². The van der Waals surface area contributed by atoms with Crippen molar-refractivity contribution < 1.29 is 0 Å². The number of nitrogens with zero attached hydrogens (tertiary/aromatic N) is 1. The van der Waals surface area contributed by atoms with E-state index < -0.39 is 0 Å². The van der Waals surface area contributed by atoms with Gasteiger partial charge in [0.2, 0.25) is 0 Å². The molecule has 0 fully saturated rings. The molecule has 0 aliphatic carbocycles. The maximum atomic E-state index is 3.59. The average molecular weight is 301 g/mol. The molecule has 2 heterocycles. The Bertz CT molecular complexity index is 612. The van der Waals surface area contributed by atoms with E-state index in [1.54, 1.807) is 11.1 Å². The molecular formula is C18H21ClN2. The van der Waals surface area contributed by atoms with E-state index in [9.17, 15) is 0 Å². The van der Waals surface area contributed by atoms with Gasteiger partial charge in [-0.25, -0.2) is 0 Å². The van der Waals surface area contributed by atoms with Gasteiger partial charge in [-0.2, -0.15) is 0 Å². The lowest BCUT2D eigenvalue weighted by atomic mass is 9.96. The van der Waals surface area contributed by atoms with Gasteiger partial charge < -0.3 is 10.2 Å². The number of rotatable bonds is 2. The number of hydrogen-bond acceptors (Lipinski definition) is 2. The second-order valence-corrected chi connectivity index (χ2v) is 5.87. The summed E-state index contributed by atoms with van der Waals surface area (Å²) in [5, 5.41) is 3.59. The zero-order valence-corrected chi connectivity index (χ0v) is 12.9. The second kappa shape index (κ2) is 6.08. The minimum atomic E-state index is 0. The maximum Gasteiger partial charge on any atom is 0.0429 e. The van der Waals surface area contributed by atoms with Crippen molar-refractivity contribution in [1.82, 2.24) is 5.32 Å². The van der Waals surface area contributed by atoms with Crippen molar-refractivity contribution in [1.29, 1.82) is 0 Å². The Labute approximate surface area is 132 Å². The molecule has 4 rings (SSSR count). The molecule has 21 heavy (non-hydrogen) atoms. The van der Waals surface area contributed by atoms with Crippen LogP contribution in [0.5, 0.6) is 0 Å². The summed E-state index contributed by atoms with van der Waals surface area (Å²) < 4.78 is 0. The predicted molar refractivity (Wildman–Crippen MR) is 90.5 cm³/mol. The fourth-order valence-electron chi connectivity index (χ4n) is 3.64. The molecule has 0 saturated heterocycles. The van der Waals surface area contributed by atoms with Gasteiger partial charge in [0.05, 0.1) is 0 Å². The lowest BCUT2D eigenvalue weighted by Crippen LogP contribution is -2.26. The van der Waals surface area contributed by atoms with Crippen molar-refractivity contribution in [3.63, 3.8) is 0 Å². The SMILES string of the molecule is Cl.c1ccc(CN2CC3CNCCc4cccc2c43)cc1. The monoisotopic (exact) mass is 300 g/mol. The fraction of sp³-hybridized carbons (Fsp3) is 0.333. The van der Waals surface area contributed by atoms with Gasteiger partial charge in [-0.15, -0.1) is 12.4 Å². The molecule has 0 amide bonds. The van der Waals surface area contributed by atoms with Crippen LogP contribution in [0, 0.1) is 0 Å². The summed E-state index contributed by atoms with van der Waals surface area (Å²) in [4.78, 5) is 2.55. The molecule has 1 atom stereocenters. The molecule has 2 aromatic carbocycles. The Balaban J connectivity index is 0.00000132. The number of benzene rings is 2. The normalized spacial score (nSPS) is 19.6. The Morgan fingerprint density at radius 3 is 2.76 bits per heavy atom. The lowest BCUT2D eigenvalue weighted by molar-refractivity contribution is 0.614. The van der Waals surface area contributed by atoms with Crippen molar-refractivity contribution in [2.75, 3.05) is 24.5 Å². The van der Waals surface area contributed by atoms with Crippen molar-refractivity contribution in [2.24, 2.45) is 0 Å². The predicted octanol–water partition coefficient (Wildman–Crippen LogP) is 3.36. The van der Waals surface area contributed by atoms with Crippen molar-refractivity contribution in [3.8, 4) is 0 Å². The van der Waals surface area contributed by atoms with Crippen molar-refractivity contribution in [3.05, 3.63) is 65.2 Å². The number of hydrogen-bond donors (Lipinski definition) is 1. The van der Waals surface area contributed by atoms with E-state index in [0.717, 1.165) is 26.2 Å². The summed E-state index contributed by atoms with van der Waals surface area (Å²) >= 11 is 0. The highest BCUT2D eigenvalue weighted by molar-refractivity contribution is 5.85. The molecule has 0 radical (unpaired) electrons. The van der Waals surface area contributed by atoms with Gasteiger partial charge in [0.1, 0.15) is 0 Å². The summed E-state index contributed by atoms with van der Waals surface area (Å²) in [6.07, 6.45) is 1.17. The molecular weight excluding hydrogens is 280 g/mol. The van der Waals surface area contributed by atoms with E-state index in [4.69, 9.17) is 0 Å². The minimum absolute atomic E-state index is 0. The molecule has 0 bridgehead atoms. The van der Waals surface area contributed by atoms with Crippen LogP contribution in [0.4, 0.5) is 5.69 Å². The van der Waals surface area contributed by atoms with Crippen LogP contribution < -0.4 is 10.2 Å². The van der Waals surface area contributed by atoms with Crippen LogP contribution in [0.25, 0.3) is 0 Å². The third-order valence-electron chi connectivity index (χ3n) is 4.54. The van der Waals surface area contributed by atoms with E-state index in [1.807, 2.05) is 0 Å². The standard InChI is InChI=1S/C18H20N2.ClH/c1-2-5-14(6-3-1)12-20-13-16-11-19-10-9-15-7-4-8-17(20)18(15)16;/h1-8,16,19H,9-13H2;1H. The first-order valence-corrected chi connectivity index (χ1v) is 7.53. The third-order valence-corrected chi connectivity index (χ3v) is 4.54. The summed E-state index contributed by atoms with van der Waals surface area (Å²) in [7, 11) is 0. The largest absolute Gasteiger partial charge is 0.366 e. The first kappa shape index (κ1) is 14.4. The van der Waals surface area contributed by atoms with Crippen LogP contribution in [-0.4, -0.2) is 19.6 Å². The van der Waals surface area contributed by atoms with Gasteiger partial charge >= 0.3 is 0 Å². The molecule has 2 aliphatic rings. The first-order chi connectivity index (χ1) is 9.92. The van der Waals surface area contributed by atoms with Crippen molar-refractivity contribution in [2.45, 2.75) is 18.9 Å². The summed E-state index contributed by atoms with van der Waals surface area (Å²) in [6.45, 7) is 4.41. The summed E-state index contributed by atoms with van der Waals surface area (Å²) in [6, 6.07) is 17.6. The van der Waals surface area contributed by atoms with Gasteiger partial charge in [0, 0.05) is 31.2 Å². The summed E-state index contributed by atoms with van der Waals surface area (Å²) in [5.41, 5.74) is 6.01. The van der Waals surface area contributed by atoms with E-state index in [1.165, 1.54) is 17.7 Å². The lowest BCUT2D eigenvalue weighted by Gasteiger charge is -2.20. The highest BCUT2D eigenvalue weighted by atomic mass is 35.5. The molecule has 2 aliphatic heterocycles. The number of nitrogens with one attached hydrogen (secondary N) is 1. The molecule has 0 aromatic heterocycles. The fourth-order valence-corrected chi connectivity index (χ4v) is 3.64. The van der Waals surface area contributed by atoms with Gasteiger partial charge in [0.15, 0.2) is 0 Å². The highest BCUT2D eigenvalue weighted by Gasteiger charge is 2.31. The Hall–Kier alpha value is -1.51. The van der Waals surface area contributed by atoms with Crippen molar-refractivity contribution >= 4 is 18.1 Å². The van der Waals surface area contributed by atoms with E-state index in [2.05, 4.69) is 58.7 Å². The average Bonchev–Trinajstić information content (AvgIpc) is 2.70. The quantitative estimate of drug-likeness (QED) is 0.915. The van der Waals surface area contributed by atoms with Gasteiger partial charge in [0.25, 0.3) is 0 Å². The molecule has 1 N–H and O–H groups in total. The maximum absolute atomic E-state index is 3.59. The van der Waals surface area contributed by atoms with Crippen LogP contribution in [0.3, 0.4) is 0 Å². The van der Waals surface area contributed by atoms with Crippen LogP contribution >= 0.6 is 12.4 Å². The smallest absolute Gasteiger partial charge is 0.0429 e. The van der Waals surface area contributed by atoms with Crippen LogP contribution in [0.2, 0.25) is 0 Å². The Morgan fingerprint density at radius 2 is 1.90 bits per heavy atom. The molecule has 110 valence electrons. The Kier molecular flexibility index (Phi) is 4.18. The van der Waals surface area contributed by atoms with E-state index in [-0.39, 0.29) is 12.4 Å². The third kappa shape index (κ3) is 2.66. The van der Waals surface area contributed by atoms with Crippen LogP contribution in [0.15, 0.2) is 48.5 Å². The molecule has 1 unspecified atom stereocenters. The molecule has 3 heteroatoms. The van der Waals surface area contributed by atoms with Crippen LogP contribution in [0.1, 0.15) is 22.6 Å². The second-order valence-electron chi connectivity index (χ2n) is 5.87. The highest BCUT2D eigenvalue weighted by Crippen LogP contribution is 2.40. The number of anilines is 1.